The molecule has 0 aliphatic rings. The highest BCUT2D eigenvalue weighted by molar-refractivity contribution is 9.10. The molecule has 78 valence electrons. The Morgan fingerprint density at radius 2 is 2.00 bits per heavy atom. The topological polar surface area (TPSA) is 38.9 Å². The number of benzene rings is 1. The summed E-state index contributed by atoms with van der Waals surface area (Å²) in [7, 11) is 0. The van der Waals surface area contributed by atoms with Crippen LogP contribution < -0.4 is 5.73 Å². The van der Waals surface area contributed by atoms with Gasteiger partial charge in [-0.05, 0) is 37.1 Å². The summed E-state index contributed by atoms with van der Waals surface area (Å²) in [6.07, 6.45) is 0. The third-order valence-corrected chi connectivity index (χ3v) is 3.83. The van der Waals surface area contributed by atoms with E-state index in [9.17, 15) is 0 Å². The van der Waals surface area contributed by atoms with E-state index in [1.165, 1.54) is 22.5 Å². The number of nitrogens with two attached hydrogens (primary N) is 1. The monoisotopic (exact) mass is 282 g/mol. The van der Waals surface area contributed by atoms with Gasteiger partial charge in [0.25, 0.3) is 0 Å². The van der Waals surface area contributed by atoms with Crippen LogP contribution in [0.3, 0.4) is 0 Å². The van der Waals surface area contributed by atoms with E-state index >= 15 is 0 Å². The van der Waals surface area contributed by atoms with Crippen molar-refractivity contribution in [3.8, 4) is 11.3 Å². The number of rotatable bonds is 1. The molecule has 0 fully saturated rings. The summed E-state index contributed by atoms with van der Waals surface area (Å²) in [4.78, 5) is 4.29. The van der Waals surface area contributed by atoms with E-state index in [1.54, 1.807) is 0 Å². The number of hydrogen-bond donors (Lipinski definition) is 1. The quantitative estimate of drug-likeness (QED) is 0.865. The molecular formula is C11H11BrN2S. The van der Waals surface area contributed by atoms with Gasteiger partial charge < -0.3 is 5.73 Å². The van der Waals surface area contributed by atoms with Crippen molar-refractivity contribution in [3.63, 3.8) is 0 Å². The first kappa shape index (κ1) is 10.6. The number of aryl methyl sites for hydroxylation is 2. The van der Waals surface area contributed by atoms with Gasteiger partial charge in [-0.2, -0.15) is 0 Å². The minimum atomic E-state index is 0.616. The SMILES string of the molecule is Cc1cc(-c2csc(N)n2)c(C)cc1Br. The molecular weight excluding hydrogens is 272 g/mol. The molecule has 0 saturated carbocycles. The standard InChI is InChI=1S/C11H11BrN2S/c1-6-4-9(12)7(2)3-8(6)10-5-15-11(13)14-10/h3-5H,1-2H3,(H2,13,14). The smallest absolute Gasteiger partial charge is 0.180 e. The zero-order valence-corrected chi connectivity index (χ0v) is 10.9. The van der Waals surface area contributed by atoms with E-state index in [0.29, 0.717) is 5.13 Å². The maximum atomic E-state index is 5.63. The first-order valence-corrected chi connectivity index (χ1v) is 6.23. The fourth-order valence-electron chi connectivity index (χ4n) is 1.47. The molecule has 2 rings (SSSR count). The maximum absolute atomic E-state index is 5.63. The van der Waals surface area contributed by atoms with Gasteiger partial charge in [0.15, 0.2) is 5.13 Å². The van der Waals surface area contributed by atoms with Gasteiger partial charge in [-0.15, -0.1) is 11.3 Å². The number of hydrogen-bond acceptors (Lipinski definition) is 3. The summed E-state index contributed by atoms with van der Waals surface area (Å²) in [5.74, 6) is 0. The molecule has 0 unspecified atom stereocenters. The lowest BCUT2D eigenvalue weighted by Crippen LogP contribution is -1.88. The van der Waals surface area contributed by atoms with Crippen molar-refractivity contribution in [1.29, 1.82) is 0 Å². The Labute approximate surface area is 101 Å². The number of halogens is 1. The van der Waals surface area contributed by atoms with E-state index in [0.717, 1.165) is 15.7 Å². The van der Waals surface area contributed by atoms with Crippen molar-refractivity contribution in [3.05, 3.63) is 33.1 Å². The minimum absolute atomic E-state index is 0.616. The second kappa shape index (κ2) is 3.94. The Morgan fingerprint density at radius 3 is 2.60 bits per heavy atom. The van der Waals surface area contributed by atoms with Crippen LogP contribution in [-0.4, -0.2) is 4.98 Å². The minimum Gasteiger partial charge on any atom is -0.375 e. The fourth-order valence-corrected chi connectivity index (χ4v) is 2.49. The summed E-state index contributed by atoms with van der Waals surface area (Å²) in [5, 5.41) is 2.61. The largest absolute Gasteiger partial charge is 0.375 e. The van der Waals surface area contributed by atoms with Crippen LogP contribution in [0.15, 0.2) is 22.0 Å². The van der Waals surface area contributed by atoms with Crippen LogP contribution in [0, 0.1) is 13.8 Å². The molecule has 1 heterocycles. The van der Waals surface area contributed by atoms with Crippen LogP contribution in [0.2, 0.25) is 0 Å². The summed E-state index contributed by atoms with van der Waals surface area (Å²) >= 11 is 4.99. The number of thiazole rings is 1. The van der Waals surface area contributed by atoms with Gasteiger partial charge in [0.2, 0.25) is 0 Å². The van der Waals surface area contributed by atoms with Gasteiger partial charge in [-0.3, -0.25) is 0 Å². The molecule has 0 spiro atoms. The molecule has 15 heavy (non-hydrogen) atoms. The van der Waals surface area contributed by atoms with Gasteiger partial charge in [0.1, 0.15) is 0 Å². The maximum Gasteiger partial charge on any atom is 0.180 e. The van der Waals surface area contributed by atoms with Crippen molar-refractivity contribution >= 4 is 32.4 Å². The normalized spacial score (nSPS) is 10.6. The van der Waals surface area contributed by atoms with Crippen LogP contribution in [0.25, 0.3) is 11.3 Å². The Hall–Kier alpha value is -0.870. The van der Waals surface area contributed by atoms with Crippen molar-refractivity contribution in [1.82, 2.24) is 4.98 Å². The molecule has 0 bridgehead atoms. The highest BCUT2D eigenvalue weighted by Gasteiger charge is 2.07. The Kier molecular flexibility index (Phi) is 2.80. The van der Waals surface area contributed by atoms with Crippen LogP contribution >= 0.6 is 27.3 Å². The predicted molar refractivity (Wildman–Crippen MR) is 69.1 cm³/mol. The second-order valence-electron chi connectivity index (χ2n) is 3.49. The zero-order valence-electron chi connectivity index (χ0n) is 8.54. The van der Waals surface area contributed by atoms with Gasteiger partial charge in [-0.25, -0.2) is 4.98 Å². The number of aromatic nitrogens is 1. The van der Waals surface area contributed by atoms with Crippen LogP contribution in [0.5, 0.6) is 0 Å². The van der Waals surface area contributed by atoms with Crippen LogP contribution in [0.1, 0.15) is 11.1 Å². The zero-order chi connectivity index (χ0) is 11.0. The molecule has 1 aromatic heterocycles. The van der Waals surface area contributed by atoms with E-state index < -0.39 is 0 Å². The summed E-state index contributed by atoms with van der Waals surface area (Å²) in [6.45, 7) is 4.15. The lowest BCUT2D eigenvalue weighted by Gasteiger charge is -2.06. The molecule has 0 aliphatic heterocycles. The number of nitrogen functional groups attached to an aromatic ring is 1. The van der Waals surface area contributed by atoms with E-state index in [1.807, 2.05) is 5.38 Å². The first-order valence-electron chi connectivity index (χ1n) is 4.56. The van der Waals surface area contributed by atoms with E-state index in [-0.39, 0.29) is 0 Å². The highest BCUT2D eigenvalue weighted by atomic mass is 79.9. The number of anilines is 1. The first-order chi connectivity index (χ1) is 7.08. The molecule has 0 radical (unpaired) electrons. The van der Waals surface area contributed by atoms with Crippen LogP contribution in [0.4, 0.5) is 5.13 Å². The molecule has 2 N–H and O–H groups in total. The molecule has 0 amide bonds. The third kappa shape index (κ3) is 2.06. The van der Waals surface area contributed by atoms with Gasteiger partial charge in [0.05, 0.1) is 5.69 Å². The van der Waals surface area contributed by atoms with Crippen molar-refractivity contribution in [2.24, 2.45) is 0 Å². The second-order valence-corrected chi connectivity index (χ2v) is 5.23. The predicted octanol–water partition coefficient (Wildman–Crippen LogP) is 3.77. The van der Waals surface area contributed by atoms with Crippen molar-refractivity contribution < 1.29 is 0 Å². The van der Waals surface area contributed by atoms with Gasteiger partial charge in [0, 0.05) is 15.4 Å². The lowest BCUT2D eigenvalue weighted by molar-refractivity contribution is 1.33. The Balaban J connectivity index is 2.58. The third-order valence-electron chi connectivity index (χ3n) is 2.30. The highest BCUT2D eigenvalue weighted by Crippen LogP contribution is 2.30. The van der Waals surface area contributed by atoms with E-state index in [4.69, 9.17) is 5.73 Å². The van der Waals surface area contributed by atoms with Gasteiger partial charge in [-0.1, -0.05) is 15.9 Å². The van der Waals surface area contributed by atoms with Crippen molar-refractivity contribution in [2.45, 2.75) is 13.8 Å². The lowest BCUT2D eigenvalue weighted by atomic mass is 10.0. The van der Waals surface area contributed by atoms with Crippen molar-refractivity contribution in [2.75, 3.05) is 5.73 Å². The molecule has 2 aromatic rings. The Bertz CT molecular complexity index is 505. The average Bonchev–Trinajstić information content (AvgIpc) is 2.58. The molecule has 0 saturated heterocycles. The summed E-state index contributed by atoms with van der Waals surface area (Å²) < 4.78 is 1.13. The fraction of sp³-hybridized carbons (Fsp3) is 0.182. The average molecular weight is 283 g/mol. The number of nitrogens with zero attached hydrogens (tertiary/aromatic N) is 1. The molecule has 0 aliphatic carbocycles. The summed E-state index contributed by atoms with van der Waals surface area (Å²) in [5.41, 5.74) is 10.2. The van der Waals surface area contributed by atoms with Gasteiger partial charge >= 0.3 is 0 Å². The van der Waals surface area contributed by atoms with E-state index in [2.05, 4.69) is 46.9 Å². The Morgan fingerprint density at radius 1 is 1.27 bits per heavy atom. The molecule has 0 atom stereocenters. The summed E-state index contributed by atoms with van der Waals surface area (Å²) in [6, 6.07) is 4.24. The molecule has 4 heteroatoms. The molecule has 2 nitrogen and oxygen atoms in total. The van der Waals surface area contributed by atoms with Crippen LogP contribution in [-0.2, 0) is 0 Å². The molecule has 1 aromatic carbocycles.